The van der Waals surface area contributed by atoms with Crippen molar-refractivity contribution in [1.82, 2.24) is 9.80 Å². The quantitative estimate of drug-likeness (QED) is 0.262. The van der Waals surface area contributed by atoms with Crippen LogP contribution >= 0.6 is 0 Å². The summed E-state index contributed by atoms with van der Waals surface area (Å²) in [6.07, 6.45) is -0.984. The zero-order valence-corrected chi connectivity index (χ0v) is 25.2. The van der Waals surface area contributed by atoms with Crippen LogP contribution in [0.4, 0.5) is 0 Å². The van der Waals surface area contributed by atoms with Crippen molar-refractivity contribution in [3.8, 4) is 0 Å². The molecule has 0 aliphatic carbocycles. The molecule has 4 aromatic rings. The fraction of sp³-hybridized carbons (Fsp3) is 0.243. The van der Waals surface area contributed by atoms with Crippen molar-refractivity contribution in [3.05, 3.63) is 144 Å². The minimum atomic E-state index is -1.06. The first kappa shape index (κ1) is 28.5. The molecule has 1 saturated heterocycles. The van der Waals surface area contributed by atoms with Crippen molar-refractivity contribution in [2.24, 2.45) is 10.3 Å². The van der Waals surface area contributed by atoms with Gasteiger partial charge in [-0.25, -0.2) is 0 Å². The standard InChI is InChI=1S/C37H34N4O4/c1-37(2)40(35(42)31-23-29(38-44-31)25-15-7-3-8-16-25)33(27-19-11-5-12-20-27)34(28-21-13-6-14-22-28)41(37)36(43)32-24-30(39-45-32)26-17-9-4-10-18-26/h3-22,31-34H,23-24H2,1-2H3/t31-,32-,33-,34+/m0/s1. The Hall–Kier alpha value is -5.24. The molecule has 0 spiro atoms. The maximum atomic E-state index is 14.7. The Morgan fingerprint density at radius 3 is 1.27 bits per heavy atom. The molecule has 0 unspecified atom stereocenters. The van der Waals surface area contributed by atoms with Gasteiger partial charge in [0.15, 0.2) is 0 Å². The Morgan fingerprint density at radius 1 is 0.578 bits per heavy atom. The number of rotatable bonds is 6. The van der Waals surface area contributed by atoms with Gasteiger partial charge in [-0.15, -0.1) is 0 Å². The molecule has 0 N–H and O–H groups in total. The van der Waals surface area contributed by atoms with E-state index in [0.717, 1.165) is 33.7 Å². The largest absolute Gasteiger partial charge is 0.382 e. The monoisotopic (exact) mass is 598 g/mol. The Morgan fingerprint density at radius 2 is 0.911 bits per heavy atom. The minimum absolute atomic E-state index is 0.228. The second-order valence-corrected chi connectivity index (χ2v) is 12.0. The Balaban J connectivity index is 1.27. The molecule has 8 heteroatoms. The molecule has 45 heavy (non-hydrogen) atoms. The molecule has 7 rings (SSSR count). The zero-order valence-electron chi connectivity index (χ0n) is 25.2. The molecular weight excluding hydrogens is 564 g/mol. The average molecular weight is 599 g/mol. The third-order valence-corrected chi connectivity index (χ3v) is 8.89. The molecule has 0 saturated carbocycles. The maximum Gasteiger partial charge on any atom is 0.269 e. The van der Waals surface area contributed by atoms with E-state index in [1.807, 2.05) is 145 Å². The van der Waals surface area contributed by atoms with Crippen LogP contribution in [0.25, 0.3) is 0 Å². The van der Waals surface area contributed by atoms with Crippen LogP contribution in [0.2, 0.25) is 0 Å². The van der Waals surface area contributed by atoms with Gasteiger partial charge in [-0.2, -0.15) is 0 Å². The van der Waals surface area contributed by atoms with Gasteiger partial charge in [-0.1, -0.05) is 132 Å². The van der Waals surface area contributed by atoms with E-state index in [4.69, 9.17) is 9.68 Å². The summed E-state index contributed by atoms with van der Waals surface area (Å²) in [5, 5.41) is 8.62. The maximum absolute atomic E-state index is 14.7. The smallest absolute Gasteiger partial charge is 0.269 e. The van der Waals surface area contributed by atoms with Gasteiger partial charge in [0.2, 0.25) is 12.2 Å². The molecule has 0 radical (unpaired) electrons. The number of nitrogens with zero attached hydrogens (tertiary/aromatic N) is 4. The lowest BCUT2D eigenvalue weighted by Crippen LogP contribution is -2.57. The summed E-state index contributed by atoms with van der Waals surface area (Å²) in [6, 6.07) is 38.2. The topological polar surface area (TPSA) is 83.8 Å². The van der Waals surface area contributed by atoms with Crippen molar-refractivity contribution in [3.63, 3.8) is 0 Å². The van der Waals surface area contributed by atoms with Gasteiger partial charge in [0.1, 0.15) is 5.66 Å². The highest BCUT2D eigenvalue weighted by Crippen LogP contribution is 2.52. The van der Waals surface area contributed by atoms with Crippen LogP contribution in [0.15, 0.2) is 132 Å². The average Bonchev–Trinajstić information content (AvgIpc) is 3.83. The lowest BCUT2D eigenvalue weighted by atomic mass is 9.92. The summed E-state index contributed by atoms with van der Waals surface area (Å²) in [7, 11) is 0. The molecule has 0 bridgehead atoms. The fourth-order valence-corrected chi connectivity index (χ4v) is 6.79. The van der Waals surface area contributed by atoms with Gasteiger partial charge >= 0.3 is 0 Å². The van der Waals surface area contributed by atoms with Gasteiger partial charge in [0, 0.05) is 12.8 Å². The second kappa shape index (κ2) is 11.7. The molecule has 0 aromatic heterocycles. The van der Waals surface area contributed by atoms with Crippen LogP contribution in [0.1, 0.15) is 61.0 Å². The summed E-state index contributed by atoms with van der Waals surface area (Å²) in [6.45, 7) is 3.84. The van der Waals surface area contributed by atoms with Crippen molar-refractivity contribution in [1.29, 1.82) is 0 Å². The number of benzene rings is 4. The SMILES string of the molecule is CC1(C)N(C(=O)[C@@H]2CC(c3ccccc3)=NO2)[C@H](c2ccccc2)[C@H](c2ccccc2)N1C(=O)[C@@H]1CC(c2ccccc2)=NO1. The van der Waals surface area contributed by atoms with Crippen LogP contribution in [0, 0.1) is 0 Å². The summed E-state index contributed by atoms with van der Waals surface area (Å²) >= 11 is 0. The third-order valence-electron chi connectivity index (χ3n) is 8.89. The summed E-state index contributed by atoms with van der Waals surface area (Å²) in [5.41, 5.74) is 4.05. The minimum Gasteiger partial charge on any atom is -0.382 e. The van der Waals surface area contributed by atoms with Crippen LogP contribution in [0.5, 0.6) is 0 Å². The van der Waals surface area contributed by atoms with Crippen LogP contribution in [0.3, 0.4) is 0 Å². The number of hydrogen-bond acceptors (Lipinski definition) is 6. The lowest BCUT2D eigenvalue weighted by molar-refractivity contribution is -0.158. The van der Waals surface area contributed by atoms with Crippen molar-refractivity contribution < 1.29 is 19.3 Å². The molecule has 3 heterocycles. The van der Waals surface area contributed by atoms with Crippen LogP contribution < -0.4 is 0 Å². The van der Waals surface area contributed by atoms with Gasteiger partial charge in [0.05, 0.1) is 23.5 Å². The molecule has 2 amide bonds. The van der Waals surface area contributed by atoms with E-state index >= 15 is 0 Å². The van der Waals surface area contributed by atoms with Gasteiger partial charge in [-0.05, 0) is 36.1 Å². The van der Waals surface area contributed by atoms with E-state index < -0.39 is 30.0 Å². The molecule has 3 aliphatic rings. The summed E-state index contributed by atoms with van der Waals surface area (Å²) < 4.78 is 0. The Kier molecular flexibility index (Phi) is 7.41. The van der Waals surface area contributed by atoms with Gasteiger partial charge in [-0.3, -0.25) is 9.59 Å². The number of carbonyl (C=O) groups excluding carboxylic acids is 2. The fourth-order valence-electron chi connectivity index (χ4n) is 6.79. The highest BCUT2D eigenvalue weighted by atomic mass is 16.7. The lowest BCUT2D eigenvalue weighted by Gasteiger charge is -2.40. The normalized spacial score (nSPS) is 23.6. The van der Waals surface area contributed by atoms with E-state index in [2.05, 4.69) is 10.3 Å². The number of amides is 2. The van der Waals surface area contributed by atoms with Gasteiger partial charge in [0.25, 0.3) is 11.8 Å². The Bertz CT molecular complexity index is 1610. The van der Waals surface area contributed by atoms with Crippen LogP contribution in [-0.2, 0) is 19.3 Å². The highest BCUT2D eigenvalue weighted by Gasteiger charge is 2.59. The van der Waals surface area contributed by atoms with E-state index in [1.165, 1.54) is 0 Å². The predicted octanol–water partition coefficient (Wildman–Crippen LogP) is 6.26. The molecule has 4 atom stereocenters. The summed E-state index contributed by atoms with van der Waals surface area (Å²) in [4.78, 5) is 44.6. The number of oxime groups is 2. The number of hydrogen-bond donors (Lipinski definition) is 0. The van der Waals surface area contributed by atoms with Crippen molar-refractivity contribution in [2.75, 3.05) is 0 Å². The second-order valence-electron chi connectivity index (χ2n) is 12.0. The van der Waals surface area contributed by atoms with Gasteiger partial charge < -0.3 is 19.5 Å². The molecule has 3 aliphatic heterocycles. The highest BCUT2D eigenvalue weighted by molar-refractivity contribution is 6.05. The first-order chi connectivity index (χ1) is 21.9. The summed E-state index contributed by atoms with van der Waals surface area (Å²) in [5.74, 6) is -0.457. The van der Waals surface area contributed by atoms with E-state index in [9.17, 15) is 9.59 Å². The van der Waals surface area contributed by atoms with E-state index in [-0.39, 0.29) is 11.8 Å². The predicted molar refractivity (Wildman–Crippen MR) is 171 cm³/mol. The molecule has 4 aromatic carbocycles. The molecule has 8 nitrogen and oxygen atoms in total. The number of carbonyl (C=O) groups is 2. The van der Waals surface area contributed by atoms with Crippen molar-refractivity contribution in [2.45, 2.75) is 56.6 Å². The van der Waals surface area contributed by atoms with E-state index in [1.54, 1.807) is 0 Å². The zero-order chi connectivity index (χ0) is 31.0. The molecule has 226 valence electrons. The first-order valence-electron chi connectivity index (χ1n) is 15.3. The Labute approximate surface area is 262 Å². The third kappa shape index (κ3) is 5.16. The first-order valence-corrected chi connectivity index (χ1v) is 15.3. The van der Waals surface area contributed by atoms with Crippen LogP contribution in [-0.4, -0.2) is 50.9 Å². The molecular formula is C37H34N4O4. The van der Waals surface area contributed by atoms with Crippen molar-refractivity contribution >= 4 is 23.2 Å². The van der Waals surface area contributed by atoms with E-state index in [0.29, 0.717) is 12.8 Å². The molecule has 1 fully saturated rings.